The Kier molecular flexibility index (Phi) is 3.38. The molecular weight excluding hydrogens is 258 g/mol. The van der Waals surface area contributed by atoms with Gasteiger partial charge in [-0.05, 0) is 24.8 Å². The van der Waals surface area contributed by atoms with Gasteiger partial charge in [0.2, 0.25) is 5.91 Å². The number of hydrogen-bond acceptors (Lipinski definition) is 3. The van der Waals surface area contributed by atoms with Gasteiger partial charge in [0, 0.05) is 35.8 Å². The fraction of sp³-hybridized carbons (Fsp3) is 0.429. The Bertz CT molecular complexity index is 561. The minimum absolute atomic E-state index is 0.230. The summed E-state index contributed by atoms with van der Waals surface area (Å²) in [5, 5.41) is 2.01. The Morgan fingerprint density at radius 1 is 1.63 bits per heavy atom. The van der Waals surface area contributed by atoms with E-state index in [4.69, 9.17) is 0 Å². The largest absolute Gasteiger partial charge is 0.346 e. The smallest absolute Gasteiger partial charge is 0.227 e. The summed E-state index contributed by atoms with van der Waals surface area (Å²) < 4.78 is 0. The number of amides is 1. The van der Waals surface area contributed by atoms with Gasteiger partial charge < -0.3 is 9.88 Å². The molecule has 2 aromatic heterocycles. The number of H-pyrrole nitrogens is 1. The zero-order valence-electron chi connectivity index (χ0n) is 10.9. The lowest BCUT2D eigenvalue weighted by atomic mass is 10.1. The maximum atomic E-state index is 12.2. The number of rotatable bonds is 3. The molecule has 0 aromatic carbocycles. The highest BCUT2D eigenvalue weighted by molar-refractivity contribution is 7.10. The van der Waals surface area contributed by atoms with Crippen LogP contribution >= 0.6 is 11.3 Å². The van der Waals surface area contributed by atoms with Crippen LogP contribution in [-0.2, 0) is 11.2 Å². The van der Waals surface area contributed by atoms with Crippen LogP contribution < -0.4 is 0 Å². The molecule has 1 amide bonds. The minimum atomic E-state index is 0.230. The quantitative estimate of drug-likeness (QED) is 0.934. The number of aromatic amines is 1. The van der Waals surface area contributed by atoms with E-state index in [2.05, 4.69) is 9.97 Å². The lowest BCUT2D eigenvalue weighted by Crippen LogP contribution is -2.29. The number of aryl methyl sites for hydroxylation is 1. The highest BCUT2D eigenvalue weighted by Gasteiger charge is 2.28. The summed E-state index contributed by atoms with van der Waals surface area (Å²) in [5.74, 6) is 1.61. The number of likely N-dealkylation sites (tertiary alicyclic amines) is 1. The second-order valence-electron chi connectivity index (χ2n) is 5.03. The van der Waals surface area contributed by atoms with Gasteiger partial charge in [0.25, 0.3) is 0 Å². The Morgan fingerprint density at radius 3 is 3.21 bits per heavy atom. The van der Waals surface area contributed by atoms with Crippen LogP contribution in [0.1, 0.15) is 28.7 Å². The predicted molar refractivity (Wildman–Crippen MR) is 75.3 cm³/mol. The molecule has 1 atom stereocenters. The third kappa shape index (κ3) is 2.71. The lowest BCUT2D eigenvalue weighted by molar-refractivity contribution is -0.129. The maximum absolute atomic E-state index is 12.2. The van der Waals surface area contributed by atoms with E-state index in [0.717, 1.165) is 35.9 Å². The number of hydrogen-bond donors (Lipinski definition) is 1. The van der Waals surface area contributed by atoms with Gasteiger partial charge >= 0.3 is 0 Å². The average molecular weight is 275 g/mol. The van der Waals surface area contributed by atoms with Crippen molar-refractivity contribution in [2.24, 2.45) is 0 Å². The molecule has 1 unspecified atom stereocenters. The molecule has 1 fully saturated rings. The predicted octanol–water partition coefficient (Wildman–Crippen LogP) is 2.34. The standard InChI is InChI=1S/C14H17N3OS/c1-10-8-15-14(16-10)11-4-5-17(9-11)13(18)7-12-3-2-6-19-12/h2-3,6,8,11H,4-5,7,9H2,1H3,(H,15,16). The minimum Gasteiger partial charge on any atom is -0.346 e. The molecule has 0 saturated carbocycles. The van der Waals surface area contributed by atoms with Crippen LogP contribution in [0.4, 0.5) is 0 Å². The SMILES string of the molecule is Cc1cnc(C2CCN(C(=O)Cc3cccs3)C2)[nH]1. The Balaban J connectivity index is 1.61. The van der Waals surface area contributed by atoms with E-state index in [1.54, 1.807) is 11.3 Å². The van der Waals surface area contributed by atoms with Gasteiger partial charge in [-0.25, -0.2) is 4.98 Å². The monoisotopic (exact) mass is 275 g/mol. The molecule has 1 aliphatic rings. The summed E-state index contributed by atoms with van der Waals surface area (Å²) in [6.45, 7) is 3.64. The molecule has 1 aliphatic heterocycles. The van der Waals surface area contributed by atoms with Crippen molar-refractivity contribution < 1.29 is 4.79 Å². The summed E-state index contributed by atoms with van der Waals surface area (Å²) in [4.78, 5) is 23.0. The van der Waals surface area contributed by atoms with Crippen molar-refractivity contribution in [2.75, 3.05) is 13.1 Å². The highest BCUT2D eigenvalue weighted by Crippen LogP contribution is 2.25. The van der Waals surface area contributed by atoms with Crippen molar-refractivity contribution in [3.8, 4) is 0 Å². The fourth-order valence-electron chi connectivity index (χ4n) is 2.52. The van der Waals surface area contributed by atoms with Crippen LogP contribution in [-0.4, -0.2) is 33.9 Å². The molecule has 3 rings (SSSR count). The van der Waals surface area contributed by atoms with Gasteiger partial charge in [-0.2, -0.15) is 0 Å². The molecule has 4 nitrogen and oxygen atoms in total. The third-order valence-corrected chi connectivity index (χ3v) is 4.43. The molecule has 3 heterocycles. The van der Waals surface area contributed by atoms with Crippen molar-refractivity contribution in [3.05, 3.63) is 40.1 Å². The van der Waals surface area contributed by atoms with E-state index in [-0.39, 0.29) is 5.91 Å². The van der Waals surface area contributed by atoms with Gasteiger partial charge in [-0.1, -0.05) is 6.07 Å². The summed E-state index contributed by atoms with van der Waals surface area (Å²) in [6.07, 6.45) is 3.39. The van der Waals surface area contributed by atoms with Crippen LogP contribution in [0.2, 0.25) is 0 Å². The first-order valence-electron chi connectivity index (χ1n) is 6.54. The first-order chi connectivity index (χ1) is 9.22. The van der Waals surface area contributed by atoms with Crippen molar-refractivity contribution in [2.45, 2.75) is 25.7 Å². The normalized spacial score (nSPS) is 19.0. The molecule has 1 saturated heterocycles. The number of carbonyl (C=O) groups excluding carboxylic acids is 1. The zero-order valence-corrected chi connectivity index (χ0v) is 11.7. The number of nitrogens with zero attached hydrogens (tertiary/aromatic N) is 2. The van der Waals surface area contributed by atoms with Crippen molar-refractivity contribution in [1.29, 1.82) is 0 Å². The average Bonchev–Trinajstić information content (AvgIpc) is 3.07. The van der Waals surface area contributed by atoms with E-state index < -0.39 is 0 Å². The topological polar surface area (TPSA) is 49.0 Å². The molecule has 0 radical (unpaired) electrons. The van der Waals surface area contributed by atoms with Crippen LogP contribution in [0.3, 0.4) is 0 Å². The van der Waals surface area contributed by atoms with Gasteiger partial charge in [0.1, 0.15) is 5.82 Å². The number of aromatic nitrogens is 2. The number of thiophene rings is 1. The van der Waals surface area contributed by atoms with Gasteiger partial charge in [0.05, 0.1) is 6.42 Å². The highest BCUT2D eigenvalue weighted by atomic mass is 32.1. The molecule has 2 aromatic rings. The molecule has 0 bridgehead atoms. The van der Waals surface area contributed by atoms with Gasteiger partial charge in [0.15, 0.2) is 0 Å². The number of nitrogens with one attached hydrogen (secondary N) is 1. The van der Waals surface area contributed by atoms with E-state index in [9.17, 15) is 4.79 Å². The van der Waals surface area contributed by atoms with Crippen LogP contribution in [0, 0.1) is 6.92 Å². The number of imidazole rings is 1. The van der Waals surface area contributed by atoms with Crippen LogP contribution in [0.5, 0.6) is 0 Å². The van der Waals surface area contributed by atoms with E-state index >= 15 is 0 Å². The molecular formula is C14H17N3OS. The molecule has 5 heteroatoms. The fourth-order valence-corrected chi connectivity index (χ4v) is 3.22. The zero-order chi connectivity index (χ0) is 13.2. The summed E-state index contributed by atoms with van der Waals surface area (Å²) >= 11 is 1.64. The molecule has 100 valence electrons. The molecule has 0 aliphatic carbocycles. The van der Waals surface area contributed by atoms with Crippen LogP contribution in [0.15, 0.2) is 23.7 Å². The number of carbonyl (C=O) groups is 1. The molecule has 0 spiro atoms. The van der Waals surface area contributed by atoms with Crippen molar-refractivity contribution in [3.63, 3.8) is 0 Å². The molecule has 1 N–H and O–H groups in total. The Hall–Kier alpha value is -1.62. The second-order valence-corrected chi connectivity index (χ2v) is 6.07. The summed E-state index contributed by atoms with van der Waals surface area (Å²) in [6, 6.07) is 4.01. The van der Waals surface area contributed by atoms with Gasteiger partial charge in [-0.3, -0.25) is 4.79 Å². The van der Waals surface area contributed by atoms with Crippen molar-refractivity contribution >= 4 is 17.2 Å². The lowest BCUT2D eigenvalue weighted by Gasteiger charge is -2.15. The summed E-state index contributed by atoms with van der Waals surface area (Å²) in [5.41, 5.74) is 1.08. The first kappa shape index (κ1) is 12.4. The van der Waals surface area contributed by atoms with E-state index in [1.807, 2.05) is 35.5 Å². The Morgan fingerprint density at radius 2 is 2.53 bits per heavy atom. The Labute approximate surface area is 116 Å². The first-order valence-corrected chi connectivity index (χ1v) is 7.42. The second kappa shape index (κ2) is 5.17. The van der Waals surface area contributed by atoms with Crippen LogP contribution in [0.25, 0.3) is 0 Å². The molecule has 19 heavy (non-hydrogen) atoms. The van der Waals surface area contributed by atoms with E-state index in [0.29, 0.717) is 12.3 Å². The van der Waals surface area contributed by atoms with E-state index in [1.165, 1.54) is 0 Å². The summed E-state index contributed by atoms with van der Waals surface area (Å²) in [7, 11) is 0. The third-order valence-electron chi connectivity index (χ3n) is 3.56. The van der Waals surface area contributed by atoms with Gasteiger partial charge in [-0.15, -0.1) is 11.3 Å². The van der Waals surface area contributed by atoms with Crippen molar-refractivity contribution in [1.82, 2.24) is 14.9 Å². The maximum Gasteiger partial charge on any atom is 0.227 e.